The van der Waals surface area contributed by atoms with Crippen LogP contribution >= 0.6 is 0 Å². The number of aliphatic carboxylic acids is 1. The second-order valence-corrected chi connectivity index (χ2v) is 5.67. The third-order valence-corrected chi connectivity index (χ3v) is 4.27. The van der Waals surface area contributed by atoms with Crippen molar-refractivity contribution in [3.63, 3.8) is 0 Å². The SMILES string of the molecule is O=C(O)C(=O)/C=C\c1cc2ccc3cccc4ccc(c1O)c2c34. The fourth-order valence-corrected chi connectivity index (χ4v) is 3.18. The van der Waals surface area contributed by atoms with Gasteiger partial charge in [-0.2, -0.15) is 0 Å². The third kappa shape index (κ3) is 2.01. The van der Waals surface area contributed by atoms with E-state index in [9.17, 15) is 14.7 Å². The summed E-state index contributed by atoms with van der Waals surface area (Å²) in [5, 5.41) is 25.1. The van der Waals surface area contributed by atoms with Gasteiger partial charge in [0.1, 0.15) is 5.75 Å². The Morgan fingerprint density at radius 1 is 0.875 bits per heavy atom. The van der Waals surface area contributed by atoms with Crippen LogP contribution in [0.15, 0.2) is 54.6 Å². The summed E-state index contributed by atoms with van der Waals surface area (Å²) in [6.07, 6.45) is 2.29. The summed E-state index contributed by atoms with van der Waals surface area (Å²) in [6, 6.07) is 15.6. The van der Waals surface area contributed by atoms with Crippen LogP contribution in [0.3, 0.4) is 0 Å². The van der Waals surface area contributed by atoms with Gasteiger partial charge in [-0.15, -0.1) is 0 Å². The molecule has 4 rings (SSSR count). The second kappa shape index (κ2) is 5.06. The maximum Gasteiger partial charge on any atom is 0.376 e. The number of carboxylic acids is 1. The minimum absolute atomic E-state index is 0.0372. The fourth-order valence-electron chi connectivity index (χ4n) is 3.18. The van der Waals surface area contributed by atoms with E-state index < -0.39 is 11.8 Å². The molecule has 0 fully saturated rings. The Kier molecular flexibility index (Phi) is 3.00. The van der Waals surface area contributed by atoms with Crippen molar-refractivity contribution in [1.29, 1.82) is 0 Å². The van der Waals surface area contributed by atoms with Crippen molar-refractivity contribution in [2.75, 3.05) is 0 Å². The van der Waals surface area contributed by atoms with Crippen LogP contribution in [-0.4, -0.2) is 22.0 Å². The smallest absolute Gasteiger partial charge is 0.376 e. The number of carbonyl (C=O) groups excluding carboxylic acids is 1. The highest BCUT2D eigenvalue weighted by Crippen LogP contribution is 2.40. The molecule has 0 saturated carbocycles. The zero-order valence-corrected chi connectivity index (χ0v) is 12.5. The van der Waals surface area contributed by atoms with Gasteiger partial charge in [-0.3, -0.25) is 4.79 Å². The zero-order valence-electron chi connectivity index (χ0n) is 12.5. The summed E-state index contributed by atoms with van der Waals surface area (Å²) in [5.41, 5.74) is 0.412. The number of aromatic hydroxyl groups is 1. The van der Waals surface area contributed by atoms with Crippen LogP contribution in [0.2, 0.25) is 0 Å². The number of benzene rings is 4. The molecule has 0 unspecified atom stereocenters. The molecular weight excluding hydrogens is 304 g/mol. The number of rotatable bonds is 3. The molecule has 24 heavy (non-hydrogen) atoms. The van der Waals surface area contributed by atoms with Crippen LogP contribution in [-0.2, 0) is 9.59 Å². The number of carbonyl (C=O) groups is 2. The minimum Gasteiger partial charge on any atom is -0.507 e. The van der Waals surface area contributed by atoms with Crippen molar-refractivity contribution in [3.05, 3.63) is 60.2 Å². The van der Waals surface area contributed by atoms with Crippen molar-refractivity contribution in [1.82, 2.24) is 0 Å². The lowest BCUT2D eigenvalue weighted by Crippen LogP contribution is -2.08. The van der Waals surface area contributed by atoms with Crippen LogP contribution in [0.1, 0.15) is 5.56 Å². The van der Waals surface area contributed by atoms with Gasteiger partial charge in [0.25, 0.3) is 5.78 Å². The summed E-state index contributed by atoms with van der Waals surface area (Å²) >= 11 is 0. The minimum atomic E-state index is -1.52. The maximum atomic E-state index is 11.2. The first kappa shape index (κ1) is 14.2. The Labute approximate surface area is 136 Å². The molecule has 0 aliphatic heterocycles. The van der Waals surface area contributed by atoms with Gasteiger partial charge in [0.05, 0.1) is 0 Å². The van der Waals surface area contributed by atoms with E-state index in [0.29, 0.717) is 10.9 Å². The summed E-state index contributed by atoms with van der Waals surface area (Å²) in [6.45, 7) is 0. The van der Waals surface area contributed by atoms with Crippen LogP contribution in [0, 0.1) is 0 Å². The number of carboxylic acid groups (broad SMARTS) is 1. The summed E-state index contributed by atoms with van der Waals surface area (Å²) < 4.78 is 0. The van der Waals surface area contributed by atoms with E-state index in [1.807, 2.05) is 42.5 Å². The molecule has 0 amide bonds. The quantitative estimate of drug-likeness (QED) is 0.341. The summed E-state index contributed by atoms with van der Waals surface area (Å²) in [7, 11) is 0. The molecule has 0 heterocycles. The van der Waals surface area contributed by atoms with Crippen LogP contribution in [0.4, 0.5) is 0 Å². The normalized spacial score (nSPS) is 11.8. The summed E-state index contributed by atoms with van der Waals surface area (Å²) in [5.74, 6) is -2.52. The standard InChI is InChI=1S/C20H12O4/c21-16(20(23)24)9-7-14-10-13-5-4-11-2-1-3-12-6-8-15(19(14)22)18(13)17(11)12/h1-10,22H,(H,23,24)/b9-7-. The molecular formula is C20H12O4. The van der Waals surface area contributed by atoms with E-state index in [-0.39, 0.29) is 5.75 Å². The highest BCUT2D eigenvalue weighted by molar-refractivity contribution is 6.38. The molecule has 0 bridgehead atoms. The zero-order chi connectivity index (χ0) is 16.8. The first-order valence-electron chi connectivity index (χ1n) is 7.41. The van der Waals surface area contributed by atoms with E-state index in [1.54, 1.807) is 6.07 Å². The Morgan fingerprint density at radius 3 is 2.25 bits per heavy atom. The first-order chi connectivity index (χ1) is 11.6. The average molecular weight is 316 g/mol. The van der Waals surface area contributed by atoms with Gasteiger partial charge in [-0.05, 0) is 45.8 Å². The largest absolute Gasteiger partial charge is 0.507 e. The molecule has 2 N–H and O–H groups in total. The lowest BCUT2D eigenvalue weighted by atomic mass is 9.92. The predicted molar refractivity (Wildman–Crippen MR) is 93.5 cm³/mol. The lowest BCUT2D eigenvalue weighted by Gasteiger charge is -2.13. The van der Waals surface area contributed by atoms with Crippen LogP contribution in [0.25, 0.3) is 38.4 Å². The van der Waals surface area contributed by atoms with Crippen LogP contribution < -0.4 is 0 Å². The molecule has 4 aromatic rings. The summed E-state index contributed by atoms with van der Waals surface area (Å²) in [4.78, 5) is 21.9. The van der Waals surface area contributed by atoms with E-state index in [0.717, 1.165) is 33.0 Å². The molecule has 0 spiro atoms. The van der Waals surface area contributed by atoms with E-state index >= 15 is 0 Å². The average Bonchev–Trinajstić information content (AvgIpc) is 2.59. The Balaban J connectivity index is 2.03. The molecule has 0 aliphatic rings. The second-order valence-electron chi connectivity index (χ2n) is 5.67. The number of ketones is 1. The Hall–Kier alpha value is -3.40. The van der Waals surface area contributed by atoms with E-state index in [1.165, 1.54) is 6.08 Å². The van der Waals surface area contributed by atoms with E-state index in [2.05, 4.69) is 0 Å². The van der Waals surface area contributed by atoms with Crippen molar-refractivity contribution in [2.45, 2.75) is 0 Å². The molecule has 0 aliphatic carbocycles. The van der Waals surface area contributed by atoms with E-state index in [4.69, 9.17) is 5.11 Å². The first-order valence-corrected chi connectivity index (χ1v) is 7.41. The number of hydrogen-bond acceptors (Lipinski definition) is 3. The van der Waals surface area contributed by atoms with Crippen LogP contribution in [0.5, 0.6) is 5.75 Å². The molecule has 116 valence electrons. The predicted octanol–water partition coefficient (Wildman–Crippen LogP) is 3.96. The maximum absolute atomic E-state index is 11.2. The number of hydrogen-bond donors (Lipinski definition) is 2. The topological polar surface area (TPSA) is 74.6 Å². The third-order valence-electron chi connectivity index (χ3n) is 4.27. The molecule has 0 radical (unpaired) electrons. The molecule has 4 heteroatoms. The molecule has 0 aromatic heterocycles. The molecule has 0 saturated heterocycles. The molecule has 0 atom stereocenters. The van der Waals surface area contributed by atoms with Gasteiger partial charge in [-0.25, -0.2) is 4.79 Å². The van der Waals surface area contributed by atoms with Crippen molar-refractivity contribution >= 4 is 50.1 Å². The van der Waals surface area contributed by atoms with Gasteiger partial charge in [0, 0.05) is 16.3 Å². The van der Waals surface area contributed by atoms with Crippen molar-refractivity contribution in [2.24, 2.45) is 0 Å². The highest BCUT2D eigenvalue weighted by Gasteiger charge is 2.13. The van der Waals surface area contributed by atoms with Gasteiger partial charge in [0.2, 0.25) is 0 Å². The Morgan fingerprint density at radius 2 is 1.54 bits per heavy atom. The number of phenolic OH excluding ortho intramolecular Hbond substituents is 1. The van der Waals surface area contributed by atoms with Gasteiger partial charge >= 0.3 is 5.97 Å². The molecule has 4 aromatic carbocycles. The fraction of sp³-hybridized carbons (Fsp3) is 0. The molecule has 4 nitrogen and oxygen atoms in total. The lowest BCUT2D eigenvalue weighted by molar-refractivity contribution is -0.146. The van der Waals surface area contributed by atoms with Crippen molar-refractivity contribution < 1.29 is 19.8 Å². The van der Waals surface area contributed by atoms with Gasteiger partial charge in [-0.1, -0.05) is 36.4 Å². The highest BCUT2D eigenvalue weighted by atomic mass is 16.4. The van der Waals surface area contributed by atoms with Gasteiger partial charge < -0.3 is 10.2 Å². The monoisotopic (exact) mass is 316 g/mol. The van der Waals surface area contributed by atoms with Gasteiger partial charge in [0.15, 0.2) is 0 Å². The van der Waals surface area contributed by atoms with Crippen molar-refractivity contribution in [3.8, 4) is 5.75 Å². The Bertz CT molecular complexity index is 1140. The number of phenols is 1.